The maximum absolute atomic E-state index is 3.58. The Kier molecular flexibility index (Phi) is 10.6. The smallest absolute Gasteiger partial charge is 0.0107 e. The van der Waals surface area contributed by atoms with Gasteiger partial charge in [-0.05, 0) is 38.9 Å². The van der Waals surface area contributed by atoms with Gasteiger partial charge < -0.3 is 10.2 Å². The molecule has 1 fully saturated rings. The van der Waals surface area contributed by atoms with E-state index in [9.17, 15) is 0 Å². The number of hydrogen-bond donors (Lipinski definition) is 1. The zero-order chi connectivity index (χ0) is 12.9. The van der Waals surface area contributed by atoms with E-state index in [4.69, 9.17) is 0 Å². The van der Waals surface area contributed by atoms with Gasteiger partial charge in [-0.15, -0.1) is 0 Å². The van der Waals surface area contributed by atoms with Crippen LogP contribution in [0.25, 0.3) is 0 Å². The van der Waals surface area contributed by atoms with E-state index >= 15 is 0 Å². The van der Waals surface area contributed by atoms with Crippen molar-refractivity contribution >= 4 is 0 Å². The third-order valence-corrected chi connectivity index (χ3v) is 4.01. The SMILES string of the molecule is CCCCCCCCCCNCCN1CCCC1. The average Bonchev–Trinajstić information content (AvgIpc) is 2.89. The molecule has 0 aromatic heterocycles. The van der Waals surface area contributed by atoms with Crippen molar-refractivity contribution < 1.29 is 0 Å². The van der Waals surface area contributed by atoms with Crippen molar-refractivity contribution in [3.05, 3.63) is 0 Å². The second-order valence-electron chi connectivity index (χ2n) is 5.77. The average molecular weight is 254 g/mol. The van der Waals surface area contributed by atoms with Gasteiger partial charge in [-0.3, -0.25) is 0 Å². The highest BCUT2D eigenvalue weighted by Crippen LogP contribution is 2.08. The molecule has 0 bridgehead atoms. The first kappa shape index (κ1) is 16.0. The van der Waals surface area contributed by atoms with Crippen LogP contribution >= 0.6 is 0 Å². The van der Waals surface area contributed by atoms with Crippen molar-refractivity contribution in [1.29, 1.82) is 0 Å². The molecule has 1 aliphatic heterocycles. The van der Waals surface area contributed by atoms with Crippen LogP contribution in [-0.2, 0) is 0 Å². The molecule has 1 heterocycles. The molecule has 0 radical (unpaired) electrons. The van der Waals surface area contributed by atoms with E-state index in [1.807, 2.05) is 0 Å². The summed E-state index contributed by atoms with van der Waals surface area (Å²) in [5, 5.41) is 3.58. The molecule has 0 aromatic rings. The topological polar surface area (TPSA) is 15.3 Å². The normalized spacial score (nSPS) is 16.5. The summed E-state index contributed by atoms with van der Waals surface area (Å²) < 4.78 is 0. The highest BCUT2D eigenvalue weighted by molar-refractivity contribution is 4.66. The number of nitrogens with one attached hydrogen (secondary N) is 1. The summed E-state index contributed by atoms with van der Waals surface area (Å²) in [4.78, 5) is 2.58. The van der Waals surface area contributed by atoms with Crippen molar-refractivity contribution in [2.24, 2.45) is 0 Å². The largest absolute Gasteiger partial charge is 0.315 e. The summed E-state index contributed by atoms with van der Waals surface area (Å²) in [6.45, 7) is 8.63. The van der Waals surface area contributed by atoms with Gasteiger partial charge in [0.25, 0.3) is 0 Å². The molecule has 0 saturated carbocycles. The first-order valence-corrected chi connectivity index (χ1v) is 8.36. The molecular weight excluding hydrogens is 220 g/mol. The van der Waals surface area contributed by atoms with Gasteiger partial charge in [0.2, 0.25) is 0 Å². The maximum atomic E-state index is 3.58. The molecule has 0 amide bonds. The molecule has 1 rings (SSSR count). The predicted molar refractivity (Wildman–Crippen MR) is 81.2 cm³/mol. The molecule has 108 valence electrons. The summed E-state index contributed by atoms with van der Waals surface area (Å²) in [6, 6.07) is 0. The Morgan fingerprint density at radius 3 is 2.06 bits per heavy atom. The molecule has 0 aliphatic carbocycles. The highest BCUT2D eigenvalue weighted by Gasteiger charge is 2.09. The van der Waals surface area contributed by atoms with Gasteiger partial charge in [-0.1, -0.05) is 51.9 Å². The second-order valence-corrected chi connectivity index (χ2v) is 5.77. The van der Waals surface area contributed by atoms with Crippen molar-refractivity contribution in [1.82, 2.24) is 10.2 Å². The van der Waals surface area contributed by atoms with E-state index in [-0.39, 0.29) is 0 Å². The van der Waals surface area contributed by atoms with E-state index in [0.29, 0.717) is 0 Å². The van der Waals surface area contributed by atoms with E-state index in [1.165, 1.54) is 96.9 Å². The Morgan fingerprint density at radius 1 is 0.778 bits per heavy atom. The lowest BCUT2D eigenvalue weighted by Gasteiger charge is -2.14. The lowest BCUT2D eigenvalue weighted by atomic mass is 10.1. The van der Waals surface area contributed by atoms with Crippen LogP contribution in [-0.4, -0.2) is 37.6 Å². The van der Waals surface area contributed by atoms with Gasteiger partial charge in [0.1, 0.15) is 0 Å². The Bertz CT molecular complexity index is 164. The minimum absolute atomic E-state index is 1.19. The van der Waals surface area contributed by atoms with Crippen LogP contribution in [0.1, 0.15) is 71.1 Å². The Balaban J connectivity index is 1.68. The lowest BCUT2D eigenvalue weighted by Crippen LogP contribution is -2.30. The fourth-order valence-corrected chi connectivity index (χ4v) is 2.75. The van der Waals surface area contributed by atoms with Gasteiger partial charge in [-0.25, -0.2) is 0 Å². The number of nitrogens with zero attached hydrogens (tertiary/aromatic N) is 1. The van der Waals surface area contributed by atoms with E-state index in [2.05, 4.69) is 17.1 Å². The number of hydrogen-bond acceptors (Lipinski definition) is 2. The quantitative estimate of drug-likeness (QED) is 0.533. The molecule has 1 N–H and O–H groups in total. The van der Waals surface area contributed by atoms with Crippen LogP contribution in [0, 0.1) is 0 Å². The van der Waals surface area contributed by atoms with Gasteiger partial charge in [-0.2, -0.15) is 0 Å². The number of likely N-dealkylation sites (tertiary alicyclic amines) is 1. The van der Waals surface area contributed by atoms with E-state index in [0.717, 1.165) is 0 Å². The summed E-state index contributed by atoms with van der Waals surface area (Å²) in [7, 11) is 0. The minimum atomic E-state index is 1.19. The molecular formula is C16H34N2. The molecule has 0 atom stereocenters. The van der Waals surface area contributed by atoms with Crippen LogP contribution in [0.3, 0.4) is 0 Å². The van der Waals surface area contributed by atoms with Crippen molar-refractivity contribution in [3.8, 4) is 0 Å². The van der Waals surface area contributed by atoms with E-state index < -0.39 is 0 Å². The third-order valence-electron chi connectivity index (χ3n) is 4.01. The highest BCUT2D eigenvalue weighted by atomic mass is 15.1. The standard InChI is InChI=1S/C16H34N2/c1-2-3-4-5-6-7-8-9-12-17-13-16-18-14-10-11-15-18/h17H,2-16H2,1H3. The predicted octanol–water partition coefficient (Wildman–Crippen LogP) is 3.81. The van der Waals surface area contributed by atoms with Crippen molar-refractivity contribution in [2.75, 3.05) is 32.7 Å². The molecule has 0 aromatic carbocycles. The molecule has 0 unspecified atom stereocenters. The van der Waals surface area contributed by atoms with Crippen LogP contribution in [0.5, 0.6) is 0 Å². The first-order valence-electron chi connectivity index (χ1n) is 8.36. The Hall–Kier alpha value is -0.0800. The summed E-state index contributed by atoms with van der Waals surface area (Å²) in [6.07, 6.45) is 14.2. The zero-order valence-electron chi connectivity index (χ0n) is 12.6. The van der Waals surface area contributed by atoms with E-state index in [1.54, 1.807) is 0 Å². The molecule has 1 saturated heterocycles. The summed E-state index contributed by atoms with van der Waals surface area (Å²) >= 11 is 0. The van der Waals surface area contributed by atoms with Gasteiger partial charge in [0.05, 0.1) is 0 Å². The fraction of sp³-hybridized carbons (Fsp3) is 1.00. The van der Waals surface area contributed by atoms with Crippen LogP contribution in [0.15, 0.2) is 0 Å². The second kappa shape index (κ2) is 12.0. The monoisotopic (exact) mass is 254 g/mol. The lowest BCUT2D eigenvalue weighted by molar-refractivity contribution is 0.335. The van der Waals surface area contributed by atoms with Crippen LogP contribution in [0.4, 0.5) is 0 Å². The Morgan fingerprint density at radius 2 is 1.39 bits per heavy atom. The van der Waals surface area contributed by atoms with Crippen molar-refractivity contribution in [3.63, 3.8) is 0 Å². The molecule has 18 heavy (non-hydrogen) atoms. The Labute approximate surface area is 115 Å². The molecule has 2 heteroatoms. The summed E-state index contributed by atoms with van der Waals surface area (Å²) in [5.41, 5.74) is 0. The number of rotatable bonds is 12. The van der Waals surface area contributed by atoms with Crippen LogP contribution < -0.4 is 5.32 Å². The first-order chi connectivity index (χ1) is 8.93. The molecule has 0 spiro atoms. The fourth-order valence-electron chi connectivity index (χ4n) is 2.75. The number of unbranched alkanes of at least 4 members (excludes halogenated alkanes) is 7. The van der Waals surface area contributed by atoms with Gasteiger partial charge in [0.15, 0.2) is 0 Å². The minimum Gasteiger partial charge on any atom is -0.315 e. The van der Waals surface area contributed by atoms with Crippen LogP contribution in [0.2, 0.25) is 0 Å². The van der Waals surface area contributed by atoms with Gasteiger partial charge in [0, 0.05) is 13.1 Å². The summed E-state index contributed by atoms with van der Waals surface area (Å²) in [5.74, 6) is 0. The van der Waals surface area contributed by atoms with Crippen molar-refractivity contribution in [2.45, 2.75) is 71.1 Å². The van der Waals surface area contributed by atoms with Gasteiger partial charge >= 0.3 is 0 Å². The maximum Gasteiger partial charge on any atom is 0.0107 e. The zero-order valence-corrected chi connectivity index (χ0v) is 12.6. The molecule has 2 nitrogen and oxygen atoms in total. The third kappa shape index (κ3) is 8.93. The molecule has 1 aliphatic rings.